The molecule has 30 heavy (non-hydrogen) atoms. The normalized spacial score (nSPS) is 22.5. The Labute approximate surface area is 175 Å². The van der Waals surface area contributed by atoms with E-state index in [2.05, 4.69) is 10.3 Å². The molecule has 0 spiro atoms. The molecule has 2 aromatic rings. The second-order valence-corrected chi connectivity index (χ2v) is 10.4. The topological polar surface area (TPSA) is 85.4 Å². The predicted molar refractivity (Wildman–Crippen MR) is 111 cm³/mol. The summed E-state index contributed by atoms with van der Waals surface area (Å²) >= 11 is 0. The number of nitrogens with zero attached hydrogens (tertiary/aromatic N) is 1. The number of hydrogen-bond donors (Lipinski definition) is 1. The van der Waals surface area contributed by atoms with E-state index in [-0.39, 0.29) is 35.7 Å². The van der Waals surface area contributed by atoms with Crippen LogP contribution in [0.25, 0.3) is 11.1 Å². The van der Waals surface area contributed by atoms with Crippen molar-refractivity contribution in [2.24, 2.45) is 5.41 Å². The summed E-state index contributed by atoms with van der Waals surface area (Å²) < 4.78 is 43.9. The van der Waals surface area contributed by atoms with E-state index in [1.807, 2.05) is 12.1 Å². The van der Waals surface area contributed by atoms with E-state index < -0.39 is 15.3 Å². The molecule has 1 amide bonds. The molecule has 2 fully saturated rings. The van der Waals surface area contributed by atoms with Gasteiger partial charge in [0.15, 0.2) is 9.84 Å². The highest BCUT2D eigenvalue weighted by atomic mass is 32.2. The molecule has 2 aliphatic rings. The van der Waals surface area contributed by atoms with Crippen LogP contribution < -0.4 is 5.32 Å². The number of carbonyl (C=O) groups excluding carboxylic acids is 1. The van der Waals surface area contributed by atoms with Gasteiger partial charge in [-0.3, -0.25) is 9.78 Å². The zero-order chi connectivity index (χ0) is 21.2. The summed E-state index contributed by atoms with van der Waals surface area (Å²) in [5, 5.41) is 2.92. The number of halogens is 1. The molecule has 0 radical (unpaired) electrons. The lowest BCUT2D eigenvalue weighted by Gasteiger charge is -2.36. The Morgan fingerprint density at radius 2 is 2.03 bits per heavy atom. The molecule has 1 aromatic heterocycles. The van der Waals surface area contributed by atoms with Gasteiger partial charge in [-0.1, -0.05) is 18.2 Å². The molecule has 160 valence electrons. The molecule has 8 heteroatoms. The first-order valence-electron chi connectivity index (χ1n) is 10.1. The van der Waals surface area contributed by atoms with Crippen molar-refractivity contribution >= 4 is 15.7 Å². The number of aromatic nitrogens is 1. The number of carbonyl (C=O) groups is 1. The molecule has 4 rings (SSSR count). The number of benzene rings is 1. The number of hydrogen-bond acceptors (Lipinski definition) is 5. The molecule has 0 saturated carbocycles. The fraction of sp³-hybridized carbons (Fsp3) is 0.455. The van der Waals surface area contributed by atoms with Crippen LogP contribution in [0.1, 0.15) is 24.8 Å². The third-order valence-electron chi connectivity index (χ3n) is 6.08. The molecule has 2 aliphatic heterocycles. The van der Waals surface area contributed by atoms with E-state index in [4.69, 9.17) is 4.74 Å². The average Bonchev–Trinajstić information content (AvgIpc) is 3.09. The predicted octanol–water partition coefficient (Wildman–Crippen LogP) is 2.53. The molecule has 0 unspecified atom stereocenters. The first kappa shape index (κ1) is 20.9. The number of amides is 1. The van der Waals surface area contributed by atoms with Crippen LogP contribution >= 0.6 is 0 Å². The summed E-state index contributed by atoms with van der Waals surface area (Å²) in [4.78, 5) is 17.3. The monoisotopic (exact) mass is 432 g/mol. The van der Waals surface area contributed by atoms with Gasteiger partial charge in [-0.05, 0) is 48.9 Å². The van der Waals surface area contributed by atoms with Crippen molar-refractivity contribution in [1.82, 2.24) is 10.3 Å². The minimum Gasteiger partial charge on any atom is -0.381 e. The van der Waals surface area contributed by atoms with Crippen LogP contribution in [0.4, 0.5) is 4.39 Å². The van der Waals surface area contributed by atoms with Crippen molar-refractivity contribution in [3.8, 4) is 11.1 Å². The maximum absolute atomic E-state index is 15.0. The highest BCUT2D eigenvalue weighted by Crippen LogP contribution is 2.36. The van der Waals surface area contributed by atoms with E-state index >= 15 is 0 Å². The third-order valence-corrected chi connectivity index (χ3v) is 7.84. The van der Waals surface area contributed by atoms with Gasteiger partial charge in [-0.2, -0.15) is 0 Å². The molecule has 1 atom stereocenters. The number of rotatable bonds is 5. The molecule has 1 N–H and O–H groups in total. The summed E-state index contributed by atoms with van der Waals surface area (Å²) in [6.07, 6.45) is 4.97. The van der Waals surface area contributed by atoms with Crippen molar-refractivity contribution in [3.63, 3.8) is 0 Å². The molecular formula is C22H25FN2O4S. The Bertz CT molecular complexity index is 1020. The minimum absolute atomic E-state index is 0.0283. The van der Waals surface area contributed by atoms with Gasteiger partial charge in [0.25, 0.3) is 0 Å². The Kier molecular flexibility index (Phi) is 5.88. The van der Waals surface area contributed by atoms with Gasteiger partial charge in [0.1, 0.15) is 5.82 Å². The van der Waals surface area contributed by atoms with Gasteiger partial charge in [0, 0.05) is 37.2 Å². The molecular weight excluding hydrogens is 407 g/mol. The molecule has 1 aromatic carbocycles. The lowest BCUT2D eigenvalue weighted by Crippen LogP contribution is -2.49. The van der Waals surface area contributed by atoms with Gasteiger partial charge in [0.05, 0.1) is 16.9 Å². The summed E-state index contributed by atoms with van der Waals surface area (Å²) in [7, 11) is -3.09. The molecule has 0 bridgehead atoms. The third kappa shape index (κ3) is 4.54. The quantitative estimate of drug-likeness (QED) is 0.785. The largest absolute Gasteiger partial charge is 0.381 e. The molecule has 6 nitrogen and oxygen atoms in total. The Balaban J connectivity index is 1.55. The fourth-order valence-electron chi connectivity index (χ4n) is 4.26. The second kappa shape index (κ2) is 8.43. The van der Waals surface area contributed by atoms with E-state index in [0.717, 1.165) is 11.1 Å². The maximum Gasteiger partial charge on any atom is 0.226 e. The van der Waals surface area contributed by atoms with Crippen LogP contribution in [0, 0.1) is 11.2 Å². The van der Waals surface area contributed by atoms with Gasteiger partial charge in [-0.15, -0.1) is 0 Å². The van der Waals surface area contributed by atoms with Gasteiger partial charge >= 0.3 is 0 Å². The fourth-order valence-corrected chi connectivity index (χ4v) is 5.94. The van der Waals surface area contributed by atoms with E-state index in [1.54, 1.807) is 24.5 Å². The van der Waals surface area contributed by atoms with Crippen LogP contribution in [0.15, 0.2) is 42.7 Å². The van der Waals surface area contributed by atoms with Crippen LogP contribution in [0.5, 0.6) is 0 Å². The first-order valence-corrected chi connectivity index (χ1v) is 12.0. The second-order valence-electron chi connectivity index (χ2n) is 8.19. The summed E-state index contributed by atoms with van der Waals surface area (Å²) in [5.41, 5.74) is 1.22. The number of ether oxygens (including phenoxy) is 1. The SMILES string of the molecule is O=C(N[C@H]1CCS(=O)(=O)C1)C1(Cc2ccc(-c3cccnc3)cc2F)CCOCC1. The summed E-state index contributed by atoms with van der Waals surface area (Å²) in [6.45, 7) is 0.845. The van der Waals surface area contributed by atoms with Crippen molar-refractivity contribution in [2.45, 2.75) is 31.7 Å². The van der Waals surface area contributed by atoms with Gasteiger partial charge in [0.2, 0.25) is 5.91 Å². The zero-order valence-corrected chi connectivity index (χ0v) is 17.5. The van der Waals surface area contributed by atoms with Crippen LogP contribution in [-0.2, 0) is 25.8 Å². The number of sulfone groups is 1. The van der Waals surface area contributed by atoms with Gasteiger partial charge in [-0.25, -0.2) is 12.8 Å². The Morgan fingerprint density at radius 3 is 2.67 bits per heavy atom. The van der Waals surface area contributed by atoms with E-state index in [0.29, 0.717) is 38.0 Å². The Hall–Kier alpha value is -2.32. The first-order chi connectivity index (χ1) is 14.4. The highest BCUT2D eigenvalue weighted by molar-refractivity contribution is 7.91. The van der Waals surface area contributed by atoms with Crippen LogP contribution in [-0.4, -0.2) is 50.1 Å². The smallest absolute Gasteiger partial charge is 0.226 e. The average molecular weight is 433 g/mol. The zero-order valence-electron chi connectivity index (χ0n) is 16.6. The maximum atomic E-state index is 15.0. The van der Waals surface area contributed by atoms with Crippen LogP contribution in [0.3, 0.4) is 0 Å². The van der Waals surface area contributed by atoms with Crippen molar-refractivity contribution in [3.05, 3.63) is 54.1 Å². The van der Waals surface area contributed by atoms with Crippen molar-refractivity contribution in [1.29, 1.82) is 0 Å². The lowest BCUT2D eigenvalue weighted by atomic mass is 9.74. The summed E-state index contributed by atoms with van der Waals surface area (Å²) in [5.74, 6) is -0.500. The highest BCUT2D eigenvalue weighted by Gasteiger charge is 2.42. The molecule has 0 aliphatic carbocycles. The van der Waals surface area contributed by atoms with Crippen LogP contribution in [0.2, 0.25) is 0 Å². The Morgan fingerprint density at radius 1 is 1.23 bits per heavy atom. The lowest BCUT2D eigenvalue weighted by molar-refractivity contribution is -0.137. The van der Waals surface area contributed by atoms with Gasteiger partial charge < -0.3 is 10.1 Å². The van der Waals surface area contributed by atoms with E-state index in [1.165, 1.54) is 6.07 Å². The minimum atomic E-state index is -3.09. The summed E-state index contributed by atoms with van der Waals surface area (Å²) in [6, 6.07) is 8.32. The molecule has 2 saturated heterocycles. The number of pyridine rings is 1. The van der Waals surface area contributed by atoms with Crippen molar-refractivity contribution < 1.29 is 22.3 Å². The molecule has 3 heterocycles. The van der Waals surface area contributed by atoms with Crippen molar-refractivity contribution in [2.75, 3.05) is 24.7 Å². The number of nitrogens with one attached hydrogen (secondary N) is 1. The standard InChI is InChI=1S/C22H25FN2O4S/c23-20-12-16(18-2-1-8-24-14-18)3-4-17(20)13-22(6-9-29-10-7-22)21(26)25-19-5-11-30(27,28)15-19/h1-4,8,12,14,19H,5-7,9-11,13,15H2,(H,25,26)/t19-/m0/s1. The van der Waals surface area contributed by atoms with E-state index in [9.17, 15) is 17.6 Å².